The molecule has 166 valence electrons. The molecule has 0 bridgehead atoms. The van der Waals surface area contributed by atoms with E-state index in [1.54, 1.807) is 59.7 Å². The van der Waals surface area contributed by atoms with E-state index in [0.29, 0.717) is 16.3 Å². The van der Waals surface area contributed by atoms with Crippen LogP contribution in [0.25, 0.3) is 5.69 Å². The van der Waals surface area contributed by atoms with Gasteiger partial charge in [0, 0.05) is 16.6 Å². The number of nitrogens with zero attached hydrogens (tertiary/aromatic N) is 3. The first-order valence-electron chi connectivity index (χ1n) is 10.4. The van der Waals surface area contributed by atoms with Gasteiger partial charge in [-0.15, -0.1) is 5.10 Å². The molecule has 1 aliphatic rings. The van der Waals surface area contributed by atoms with Crippen molar-refractivity contribution < 1.29 is 14.3 Å². The van der Waals surface area contributed by atoms with Gasteiger partial charge in [0.05, 0.1) is 12.8 Å². The van der Waals surface area contributed by atoms with E-state index in [9.17, 15) is 9.59 Å². The first kappa shape index (κ1) is 22.2. The minimum absolute atomic E-state index is 0.118. The Morgan fingerprint density at radius 1 is 1.09 bits per heavy atom. The van der Waals surface area contributed by atoms with Crippen LogP contribution >= 0.6 is 23.1 Å². The van der Waals surface area contributed by atoms with E-state index in [-0.39, 0.29) is 22.3 Å². The highest BCUT2D eigenvalue weighted by Gasteiger charge is 2.21. The van der Waals surface area contributed by atoms with Gasteiger partial charge in [0.1, 0.15) is 5.75 Å². The van der Waals surface area contributed by atoms with Gasteiger partial charge in [0.15, 0.2) is 10.4 Å². The van der Waals surface area contributed by atoms with Crippen LogP contribution in [0.5, 0.6) is 5.75 Å². The summed E-state index contributed by atoms with van der Waals surface area (Å²) in [5.74, 6) is -0.124. The molecule has 2 amide bonds. The Balaban J connectivity index is 1.69. The molecule has 32 heavy (non-hydrogen) atoms. The SMILES string of the molecule is COc1ccc(C(=O)N=c2sn(-c3ccc(Cl)cc3)nc2C(=O)NC2CCCCC2)cc1. The molecule has 9 heteroatoms. The summed E-state index contributed by atoms with van der Waals surface area (Å²) in [5.41, 5.74) is 1.26. The number of ether oxygens (including phenoxy) is 1. The molecule has 0 unspecified atom stereocenters. The lowest BCUT2D eigenvalue weighted by molar-refractivity contribution is 0.0921. The minimum Gasteiger partial charge on any atom is -0.497 e. The van der Waals surface area contributed by atoms with Crippen LogP contribution in [0.2, 0.25) is 5.02 Å². The number of methoxy groups -OCH3 is 1. The van der Waals surface area contributed by atoms with Gasteiger partial charge >= 0.3 is 0 Å². The minimum atomic E-state index is -0.453. The molecule has 2 aromatic carbocycles. The van der Waals surface area contributed by atoms with Crippen molar-refractivity contribution in [3.05, 3.63) is 69.5 Å². The molecule has 1 fully saturated rings. The molecule has 1 N–H and O–H groups in total. The molecule has 7 nitrogen and oxygen atoms in total. The number of benzene rings is 2. The quantitative estimate of drug-likeness (QED) is 0.598. The van der Waals surface area contributed by atoms with Crippen LogP contribution < -0.4 is 14.7 Å². The Labute approximate surface area is 194 Å². The van der Waals surface area contributed by atoms with E-state index in [0.717, 1.165) is 42.9 Å². The summed E-state index contributed by atoms with van der Waals surface area (Å²) < 4.78 is 6.97. The molecule has 1 aliphatic carbocycles. The fraction of sp³-hybridized carbons (Fsp3) is 0.304. The van der Waals surface area contributed by atoms with Crippen LogP contribution in [0.15, 0.2) is 53.5 Å². The van der Waals surface area contributed by atoms with Crippen molar-refractivity contribution in [1.29, 1.82) is 0 Å². The van der Waals surface area contributed by atoms with Crippen molar-refractivity contribution in [2.75, 3.05) is 7.11 Å². The molecule has 1 heterocycles. The molecule has 1 aromatic heterocycles. The average Bonchev–Trinajstić information content (AvgIpc) is 3.24. The van der Waals surface area contributed by atoms with Crippen LogP contribution in [0, 0.1) is 0 Å². The van der Waals surface area contributed by atoms with Crippen LogP contribution in [0.4, 0.5) is 0 Å². The van der Waals surface area contributed by atoms with Crippen LogP contribution in [-0.2, 0) is 0 Å². The lowest BCUT2D eigenvalue weighted by Crippen LogP contribution is -2.38. The fourth-order valence-corrected chi connectivity index (χ4v) is 4.55. The van der Waals surface area contributed by atoms with Gasteiger partial charge in [-0.25, -0.2) is 0 Å². The summed E-state index contributed by atoms with van der Waals surface area (Å²) in [6.45, 7) is 0. The fourth-order valence-electron chi connectivity index (χ4n) is 3.57. The third-order valence-electron chi connectivity index (χ3n) is 5.31. The zero-order valence-corrected chi connectivity index (χ0v) is 19.2. The topological polar surface area (TPSA) is 85.6 Å². The van der Waals surface area contributed by atoms with Gasteiger partial charge in [-0.1, -0.05) is 30.9 Å². The van der Waals surface area contributed by atoms with Crippen molar-refractivity contribution >= 4 is 34.9 Å². The summed E-state index contributed by atoms with van der Waals surface area (Å²) in [4.78, 5) is 30.1. The van der Waals surface area contributed by atoms with E-state index in [1.165, 1.54) is 6.42 Å². The van der Waals surface area contributed by atoms with Gasteiger partial charge in [-0.05, 0) is 72.9 Å². The normalized spacial score (nSPS) is 14.9. The number of hydrogen-bond donors (Lipinski definition) is 1. The van der Waals surface area contributed by atoms with Crippen LogP contribution in [0.1, 0.15) is 53.0 Å². The smallest absolute Gasteiger partial charge is 0.278 e. The highest BCUT2D eigenvalue weighted by Crippen LogP contribution is 2.18. The summed E-state index contributed by atoms with van der Waals surface area (Å²) in [5, 5.41) is 8.12. The molecule has 0 spiro atoms. The maximum absolute atomic E-state index is 13.0. The summed E-state index contributed by atoms with van der Waals surface area (Å²) in [7, 11) is 1.56. The van der Waals surface area contributed by atoms with E-state index < -0.39 is 5.91 Å². The third kappa shape index (κ3) is 5.26. The standard InChI is InChI=1S/C23H23ClN4O3S/c1-31-19-13-7-15(8-14-19)21(29)26-23-20(22(30)25-17-5-3-2-4-6-17)27-28(32-23)18-11-9-16(24)10-12-18/h7-14,17H,2-6H2,1H3,(H,25,30). The maximum Gasteiger partial charge on any atom is 0.278 e. The molecule has 0 atom stereocenters. The molecule has 0 radical (unpaired) electrons. The number of rotatable bonds is 5. The van der Waals surface area contributed by atoms with Crippen molar-refractivity contribution in [2.45, 2.75) is 38.1 Å². The van der Waals surface area contributed by atoms with Gasteiger partial charge in [-0.2, -0.15) is 9.06 Å². The van der Waals surface area contributed by atoms with Gasteiger partial charge in [-0.3, -0.25) is 9.59 Å². The molecule has 4 rings (SSSR count). The molecule has 0 saturated heterocycles. The lowest BCUT2D eigenvalue weighted by atomic mass is 9.95. The lowest BCUT2D eigenvalue weighted by Gasteiger charge is -2.22. The molecular weight excluding hydrogens is 448 g/mol. The Bertz CT molecular complexity index is 1160. The second-order valence-corrected chi connectivity index (χ2v) is 8.90. The monoisotopic (exact) mass is 470 g/mol. The predicted molar refractivity (Wildman–Crippen MR) is 124 cm³/mol. The summed E-state index contributed by atoms with van der Waals surface area (Å²) >= 11 is 7.12. The number of halogens is 1. The van der Waals surface area contributed by atoms with Crippen LogP contribution in [0.3, 0.4) is 0 Å². The first-order valence-corrected chi connectivity index (χ1v) is 11.6. The largest absolute Gasteiger partial charge is 0.497 e. The van der Waals surface area contributed by atoms with Crippen molar-refractivity contribution in [2.24, 2.45) is 4.99 Å². The van der Waals surface area contributed by atoms with Crippen molar-refractivity contribution in [3.63, 3.8) is 0 Å². The summed E-state index contributed by atoms with van der Waals surface area (Å²) in [6, 6.07) is 13.9. The van der Waals surface area contributed by atoms with E-state index >= 15 is 0 Å². The predicted octanol–water partition coefficient (Wildman–Crippen LogP) is 4.40. The summed E-state index contributed by atoms with van der Waals surface area (Å²) in [6.07, 6.45) is 5.28. The first-order chi connectivity index (χ1) is 15.5. The number of nitrogens with one attached hydrogen (secondary N) is 1. The third-order valence-corrected chi connectivity index (χ3v) is 6.48. The highest BCUT2D eigenvalue weighted by atomic mass is 35.5. The van der Waals surface area contributed by atoms with Gasteiger partial charge < -0.3 is 10.1 Å². The Kier molecular flexibility index (Phi) is 7.02. The van der Waals surface area contributed by atoms with Gasteiger partial charge in [0.25, 0.3) is 11.8 Å². The Hall–Kier alpha value is -2.97. The number of carbonyl (C=O) groups excluding carboxylic acids is 2. The van der Waals surface area contributed by atoms with Crippen molar-refractivity contribution in [1.82, 2.24) is 14.5 Å². The maximum atomic E-state index is 13.0. The van der Waals surface area contributed by atoms with Crippen LogP contribution in [-0.4, -0.2) is 34.1 Å². The van der Waals surface area contributed by atoms with Crippen molar-refractivity contribution in [3.8, 4) is 11.4 Å². The second-order valence-electron chi connectivity index (χ2n) is 7.55. The number of amides is 2. The van der Waals surface area contributed by atoms with Gasteiger partial charge in [0.2, 0.25) is 0 Å². The van der Waals surface area contributed by atoms with E-state index in [1.807, 2.05) is 0 Å². The number of hydrogen-bond acceptors (Lipinski definition) is 5. The molecular formula is C23H23ClN4O3S. The number of carbonyl (C=O) groups is 2. The molecule has 1 saturated carbocycles. The highest BCUT2D eigenvalue weighted by molar-refractivity contribution is 7.04. The molecule has 3 aromatic rings. The average molecular weight is 471 g/mol. The Morgan fingerprint density at radius 3 is 2.44 bits per heavy atom. The second kappa shape index (κ2) is 10.1. The zero-order valence-electron chi connectivity index (χ0n) is 17.6. The zero-order chi connectivity index (χ0) is 22.5. The Morgan fingerprint density at radius 2 is 1.78 bits per heavy atom. The number of aromatic nitrogens is 2. The van der Waals surface area contributed by atoms with E-state index in [2.05, 4.69) is 15.4 Å². The molecule has 0 aliphatic heterocycles. The van der Waals surface area contributed by atoms with E-state index in [4.69, 9.17) is 16.3 Å².